The van der Waals surface area contributed by atoms with Gasteiger partial charge < -0.3 is 5.32 Å². The molecule has 6 nitrogen and oxygen atoms in total. The van der Waals surface area contributed by atoms with Gasteiger partial charge in [-0.2, -0.15) is 5.10 Å². The molecule has 0 spiro atoms. The number of carbonyl (C=O) groups is 1. The molecule has 1 aliphatic rings. The summed E-state index contributed by atoms with van der Waals surface area (Å²) in [6.45, 7) is 4.28. The van der Waals surface area contributed by atoms with Gasteiger partial charge in [-0.25, -0.2) is 5.01 Å². The minimum atomic E-state index is -0.0293. The highest BCUT2D eigenvalue weighted by molar-refractivity contribution is 8.01. The highest BCUT2D eigenvalue weighted by Crippen LogP contribution is 2.30. The zero-order chi connectivity index (χ0) is 16.8. The Morgan fingerprint density at radius 3 is 3.04 bits per heavy atom. The number of nitrogens with one attached hydrogen (secondary N) is 1. The molecule has 2 aromatic rings. The van der Waals surface area contributed by atoms with Crippen LogP contribution in [0.1, 0.15) is 18.0 Å². The van der Waals surface area contributed by atoms with Crippen LogP contribution in [0, 0.1) is 0 Å². The van der Waals surface area contributed by atoms with Crippen LogP contribution in [0.5, 0.6) is 0 Å². The van der Waals surface area contributed by atoms with Crippen molar-refractivity contribution in [2.75, 3.05) is 17.6 Å². The van der Waals surface area contributed by atoms with Gasteiger partial charge >= 0.3 is 0 Å². The van der Waals surface area contributed by atoms with Crippen molar-refractivity contribution in [3.8, 4) is 0 Å². The summed E-state index contributed by atoms with van der Waals surface area (Å²) in [6, 6.07) is 9.95. The van der Waals surface area contributed by atoms with Crippen molar-refractivity contribution in [2.45, 2.75) is 16.8 Å². The fraction of sp³-hybridized carbons (Fsp3) is 0.250. The molecular weight excluding hydrogens is 342 g/mol. The molecule has 1 aromatic heterocycles. The van der Waals surface area contributed by atoms with E-state index in [2.05, 4.69) is 27.2 Å². The highest BCUT2D eigenvalue weighted by Gasteiger charge is 2.28. The number of hydrogen-bond donors (Lipinski definition) is 1. The van der Waals surface area contributed by atoms with Gasteiger partial charge in [-0.1, -0.05) is 59.5 Å². The second-order valence-electron chi connectivity index (χ2n) is 5.03. The average Bonchev–Trinajstić information content (AvgIpc) is 3.28. The summed E-state index contributed by atoms with van der Waals surface area (Å²) < 4.78 is 0.759. The second kappa shape index (κ2) is 8.07. The monoisotopic (exact) mass is 359 g/mol. The molecule has 124 valence electrons. The van der Waals surface area contributed by atoms with Gasteiger partial charge in [0.15, 0.2) is 4.34 Å². The van der Waals surface area contributed by atoms with E-state index in [0.717, 1.165) is 21.5 Å². The summed E-state index contributed by atoms with van der Waals surface area (Å²) in [5, 5.41) is 17.7. The molecule has 3 rings (SSSR count). The predicted octanol–water partition coefficient (Wildman–Crippen LogP) is 3.19. The number of carbonyl (C=O) groups excluding carboxylic acids is 1. The van der Waals surface area contributed by atoms with E-state index in [0.29, 0.717) is 6.54 Å². The van der Waals surface area contributed by atoms with Crippen LogP contribution in [0.2, 0.25) is 0 Å². The average molecular weight is 359 g/mol. The van der Waals surface area contributed by atoms with Gasteiger partial charge in [0.05, 0.1) is 11.8 Å². The van der Waals surface area contributed by atoms with Crippen molar-refractivity contribution in [1.82, 2.24) is 15.2 Å². The molecule has 0 saturated heterocycles. The molecule has 0 unspecified atom stereocenters. The van der Waals surface area contributed by atoms with Gasteiger partial charge in [0.2, 0.25) is 5.13 Å². The molecule has 8 heteroatoms. The van der Waals surface area contributed by atoms with Gasteiger partial charge in [0.1, 0.15) is 0 Å². The topological polar surface area (TPSA) is 70.5 Å². The number of anilines is 1. The van der Waals surface area contributed by atoms with Crippen LogP contribution in [0.3, 0.4) is 0 Å². The lowest BCUT2D eigenvalue weighted by molar-refractivity contribution is -0.130. The van der Waals surface area contributed by atoms with Crippen LogP contribution in [0.4, 0.5) is 5.13 Å². The number of benzene rings is 1. The Morgan fingerprint density at radius 1 is 1.42 bits per heavy atom. The summed E-state index contributed by atoms with van der Waals surface area (Å²) in [5.74, 6) is 0.259. The maximum Gasteiger partial charge on any atom is 0.253 e. The molecule has 24 heavy (non-hydrogen) atoms. The standard InChI is InChI=1S/C16H17N5OS2/c1-2-9-17-15-19-20-16(24-15)23-11-14(22)21-13(8-10-18-21)12-6-4-3-5-7-12/h2-7,10,13H,1,8-9,11H2,(H,17,19)/t13-/m0/s1. The molecule has 0 aliphatic carbocycles. The Balaban J connectivity index is 1.57. The van der Waals surface area contributed by atoms with Crippen molar-refractivity contribution in [3.63, 3.8) is 0 Å². The first-order valence-corrected chi connectivity index (χ1v) is 9.28. The largest absolute Gasteiger partial charge is 0.357 e. The second-order valence-corrected chi connectivity index (χ2v) is 7.23. The van der Waals surface area contributed by atoms with Crippen LogP contribution in [0.15, 0.2) is 52.4 Å². The van der Waals surface area contributed by atoms with Gasteiger partial charge in [-0.3, -0.25) is 4.79 Å². The summed E-state index contributed by atoms with van der Waals surface area (Å²) in [7, 11) is 0. The van der Waals surface area contributed by atoms with Crippen molar-refractivity contribution in [2.24, 2.45) is 5.10 Å². The van der Waals surface area contributed by atoms with Crippen LogP contribution >= 0.6 is 23.1 Å². The maximum absolute atomic E-state index is 12.5. The van der Waals surface area contributed by atoms with Gasteiger partial charge in [0, 0.05) is 19.2 Å². The van der Waals surface area contributed by atoms with Crippen LogP contribution < -0.4 is 5.32 Å². The molecule has 1 atom stereocenters. The fourth-order valence-electron chi connectivity index (χ4n) is 2.29. The van der Waals surface area contributed by atoms with Crippen LogP contribution in [-0.4, -0.2) is 39.6 Å². The van der Waals surface area contributed by atoms with Crippen LogP contribution in [-0.2, 0) is 4.79 Å². The maximum atomic E-state index is 12.5. The molecule has 2 heterocycles. The molecule has 0 radical (unpaired) electrons. The zero-order valence-electron chi connectivity index (χ0n) is 13.0. The molecule has 1 N–H and O–H groups in total. The third-order valence-electron chi connectivity index (χ3n) is 3.39. The Morgan fingerprint density at radius 2 is 2.25 bits per heavy atom. The predicted molar refractivity (Wildman–Crippen MR) is 98.5 cm³/mol. The quantitative estimate of drug-likeness (QED) is 0.607. The van der Waals surface area contributed by atoms with E-state index in [9.17, 15) is 4.79 Å². The number of amides is 1. The van der Waals surface area contributed by atoms with Gasteiger partial charge in [-0.15, -0.1) is 16.8 Å². The summed E-state index contributed by atoms with van der Waals surface area (Å²) in [6.07, 6.45) is 4.30. The first-order valence-electron chi connectivity index (χ1n) is 7.48. The molecule has 0 saturated carbocycles. The normalized spacial score (nSPS) is 16.3. The lowest BCUT2D eigenvalue weighted by Gasteiger charge is -2.21. The minimum Gasteiger partial charge on any atom is -0.357 e. The van der Waals surface area contributed by atoms with E-state index in [1.807, 2.05) is 30.3 Å². The van der Waals surface area contributed by atoms with E-state index in [4.69, 9.17) is 0 Å². The Labute approximate surface area is 148 Å². The SMILES string of the molecule is C=CCNc1nnc(SCC(=O)N2N=CC[C@H]2c2ccccc2)s1. The molecule has 0 bridgehead atoms. The highest BCUT2D eigenvalue weighted by atomic mass is 32.2. The molecule has 1 amide bonds. The Hall–Kier alpha value is -2.19. The third-order valence-corrected chi connectivity index (χ3v) is 5.39. The number of hydrazone groups is 1. The fourth-order valence-corrected chi connectivity index (χ4v) is 3.91. The number of rotatable bonds is 7. The molecule has 1 aromatic carbocycles. The first-order chi connectivity index (χ1) is 11.8. The first kappa shape index (κ1) is 16.7. The van der Waals surface area contributed by atoms with E-state index < -0.39 is 0 Å². The zero-order valence-corrected chi connectivity index (χ0v) is 14.6. The number of aromatic nitrogens is 2. The Bertz CT molecular complexity index is 731. The number of thioether (sulfide) groups is 1. The summed E-state index contributed by atoms with van der Waals surface area (Å²) in [5.41, 5.74) is 1.10. The summed E-state index contributed by atoms with van der Waals surface area (Å²) in [4.78, 5) is 12.5. The van der Waals surface area contributed by atoms with Crippen molar-refractivity contribution in [3.05, 3.63) is 48.6 Å². The number of hydrogen-bond acceptors (Lipinski definition) is 7. The Kier molecular flexibility index (Phi) is 5.60. The molecular formula is C16H17N5OS2. The van der Waals surface area contributed by atoms with E-state index in [1.165, 1.54) is 23.1 Å². The lowest BCUT2D eigenvalue weighted by atomic mass is 10.0. The molecule has 0 fully saturated rings. The smallest absolute Gasteiger partial charge is 0.253 e. The van der Waals surface area contributed by atoms with Crippen molar-refractivity contribution in [1.29, 1.82) is 0 Å². The van der Waals surface area contributed by atoms with Gasteiger partial charge in [0.25, 0.3) is 5.91 Å². The molecule has 1 aliphatic heterocycles. The minimum absolute atomic E-state index is 0.0152. The summed E-state index contributed by atoms with van der Waals surface area (Å²) >= 11 is 2.81. The number of nitrogens with zero attached hydrogens (tertiary/aromatic N) is 4. The van der Waals surface area contributed by atoms with E-state index in [1.54, 1.807) is 17.3 Å². The lowest BCUT2D eigenvalue weighted by Crippen LogP contribution is -2.28. The van der Waals surface area contributed by atoms with E-state index >= 15 is 0 Å². The van der Waals surface area contributed by atoms with E-state index in [-0.39, 0.29) is 17.7 Å². The van der Waals surface area contributed by atoms with Gasteiger partial charge in [-0.05, 0) is 5.56 Å². The van der Waals surface area contributed by atoms with Crippen molar-refractivity contribution >= 4 is 40.4 Å². The van der Waals surface area contributed by atoms with Crippen LogP contribution in [0.25, 0.3) is 0 Å². The van der Waals surface area contributed by atoms with Crippen molar-refractivity contribution < 1.29 is 4.79 Å². The third kappa shape index (κ3) is 4.01.